The third-order valence-electron chi connectivity index (χ3n) is 3.36. The van der Waals surface area contributed by atoms with E-state index >= 15 is 0 Å². The first-order chi connectivity index (χ1) is 10.5. The number of rotatable bonds is 7. The second kappa shape index (κ2) is 7.80. The summed E-state index contributed by atoms with van der Waals surface area (Å²) in [5, 5.41) is 1.32. The highest BCUT2D eigenvalue weighted by molar-refractivity contribution is 7.47. The molecule has 0 aromatic heterocycles. The van der Waals surface area contributed by atoms with Crippen LogP contribution in [0.2, 0.25) is 0 Å². The summed E-state index contributed by atoms with van der Waals surface area (Å²) in [6.07, 6.45) is 0.799. The Labute approximate surface area is 127 Å². The van der Waals surface area contributed by atoms with Gasteiger partial charge >= 0.3 is 14.3 Å². The Balaban J connectivity index is 1.72. The van der Waals surface area contributed by atoms with E-state index in [0.717, 1.165) is 18.5 Å². The van der Waals surface area contributed by atoms with E-state index < -0.39 is 7.82 Å². The number of benzene rings is 1. The summed E-state index contributed by atoms with van der Waals surface area (Å²) < 4.78 is 32.9. The molecule has 2 rings (SSSR count). The standard InChI is InChI=1S/C13H18FN2O5P/c14-13-3-1-12(2-4-13)5-6-15-7-9-16(10-8-15)21-22(18,19)20-11-17/h1-4,11H,5-10H2,(H,18,19). The van der Waals surface area contributed by atoms with Crippen LogP contribution in [0.5, 0.6) is 0 Å². The van der Waals surface area contributed by atoms with Crippen LogP contribution >= 0.6 is 7.82 Å². The van der Waals surface area contributed by atoms with E-state index in [1.165, 1.54) is 17.2 Å². The number of carbonyl (C=O) groups is 1. The Morgan fingerprint density at radius 1 is 1.23 bits per heavy atom. The maximum Gasteiger partial charge on any atom is 0.546 e. The van der Waals surface area contributed by atoms with Crippen LogP contribution in [0.25, 0.3) is 0 Å². The molecule has 1 aromatic carbocycles. The number of carbonyl (C=O) groups excluding carboxylic acids is 1. The molecule has 1 heterocycles. The fourth-order valence-corrected chi connectivity index (χ4v) is 2.80. The first-order valence-electron chi connectivity index (χ1n) is 6.85. The highest BCUT2D eigenvalue weighted by Gasteiger charge is 2.28. The number of piperazine rings is 1. The molecule has 1 saturated heterocycles. The first-order valence-corrected chi connectivity index (χ1v) is 8.34. The molecule has 122 valence electrons. The van der Waals surface area contributed by atoms with E-state index in [1.807, 2.05) is 0 Å². The van der Waals surface area contributed by atoms with Gasteiger partial charge in [-0.25, -0.2) is 8.96 Å². The van der Waals surface area contributed by atoms with Gasteiger partial charge in [-0.15, -0.1) is 0 Å². The van der Waals surface area contributed by atoms with Crippen LogP contribution in [-0.2, 0) is 24.9 Å². The number of hydroxylamine groups is 2. The van der Waals surface area contributed by atoms with E-state index in [1.54, 1.807) is 12.1 Å². The van der Waals surface area contributed by atoms with Crippen LogP contribution in [0.4, 0.5) is 4.39 Å². The van der Waals surface area contributed by atoms with Crippen LogP contribution in [-0.4, -0.2) is 54.1 Å². The molecule has 22 heavy (non-hydrogen) atoms. The van der Waals surface area contributed by atoms with Crippen molar-refractivity contribution in [1.29, 1.82) is 0 Å². The van der Waals surface area contributed by atoms with Gasteiger partial charge in [-0.05, 0) is 24.1 Å². The SMILES string of the molecule is O=COP(=O)(O)ON1CCN(CCc2ccc(F)cc2)CC1. The van der Waals surface area contributed by atoms with Gasteiger partial charge in [-0.2, -0.15) is 9.69 Å². The van der Waals surface area contributed by atoms with Crippen molar-refractivity contribution in [3.63, 3.8) is 0 Å². The zero-order valence-corrected chi connectivity index (χ0v) is 12.8. The highest BCUT2D eigenvalue weighted by Crippen LogP contribution is 2.43. The van der Waals surface area contributed by atoms with Crippen molar-refractivity contribution in [1.82, 2.24) is 9.96 Å². The summed E-state index contributed by atoms with van der Waals surface area (Å²) in [4.78, 5) is 21.4. The first kappa shape index (κ1) is 17.1. The van der Waals surface area contributed by atoms with Crippen molar-refractivity contribution in [2.45, 2.75) is 6.42 Å². The average molecular weight is 332 g/mol. The van der Waals surface area contributed by atoms with Gasteiger partial charge in [0.1, 0.15) is 5.82 Å². The lowest BCUT2D eigenvalue weighted by molar-refractivity contribution is -0.131. The normalized spacial score (nSPS) is 19.5. The minimum absolute atomic E-state index is 0.111. The van der Waals surface area contributed by atoms with Crippen LogP contribution in [0.3, 0.4) is 0 Å². The molecule has 7 nitrogen and oxygen atoms in total. The Kier molecular flexibility index (Phi) is 6.05. The van der Waals surface area contributed by atoms with Crippen LogP contribution in [0.1, 0.15) is 5.56 Å². The Morgan fingerprint density at radius 3 is 2.45 bits per heavy atom. The van der Waals surface area contributed by atoms with Gasteiger partial charge < -0.3 is 9.42 Å². The lowest BCUT2D eigenvalue weighted by Crippen LogP contribution is -2.46. The molecule has 1 N–H and O–H groups in total. The van der Waals surface area contributed by atoms with Gasteiger partial charge in [0.05, 0.1) is 0 Å². The summed E-state index contributed by atoms with van der Waals surface area (Å²) in [6.45, 7) is 2.86. The molecular formula is C13H18FN2O5P. The number of nitrogens with zero attached hydrogens (tertiary/aromatic N) is 2. The zero-order chi connectivity index (χ0) is 16.0. The van der Waals surface area contributed by atoms with Crippen molar-refractivity contribution in [3.05, 3.63) is 35.6 Å². The van der Waals surface area contributed by atoms with E-state index in [0.29, 0.717) is 26.2 Å². The second-order valence-electron chi connectivity index (χ2n) is 4.90. The van der Waals surface area contributed by atoms with Gasteiger partial charge in [0, 0.05) is 32.7 Å². The van der Waals surface area contributed by atoms with E-state index in [4.69, 9.17) is 4.62 Å². The van der Waals surface area contributed by atoms with Crippen LogP contribution < -0.4 is 0 Å². The van der Waals surface area contributed by atoms with E-state index in [-0.39, 0.29) is 12.3 Å². The van der Waals surface area contributed by atoms with Gasteiger partial charge in [0.15, 0.2) is 0 Å². The number of phosphoric ester groups is 1. The molecule has 1 aliphatic rings. The molecule has 0 radical (unpaired) electrons. The third-order valence-corrected chi connectivity index (χ3v) is 4.15. The van der Waals surface area contributed by atoms with Crippen molar-refractivity contribution in [2.75, 3.05) is 32.7 Å². The Bertz CT molecular complexity index is 534. The monoisotopic (exact) mass is 332 g/mol. The summed E-state index contributed by atoms with van der Waals surface area (Å²) in [5.41, 5.74) is 1.05. The highest BCUT2D eigenvalue weighted by atomic mass is 31.2. The molecular weight excluding hydrogens is 314 g/mol. The third kappa shape index (κ3) is 5.47. The predicted molar refractivity (Wildman–Crippen MR) is 76.2 cm³/mol. The number of hydrogen-bond donors (Lipinski definition) is 1. The molecule has 0 spiro atoms. The van der Waals surface area contributed by atoms with Gasteiger partial charge in [-0.3, -0.25) is 9.69 Å². The minimum atomic E-state index is -4.34. The molecule has 0 saturated carbocycles. The molecule has 1 atom stereocenters. The van der Waals surface area contributed by atoms with Crippen LogP contribution in [0, 0.1) is 5.82 Å². The summed E-state index contributed by atoms with van der Waals surface area (Å²) in [7, 11) is -4.34. The minimum Gasteiger partial charge on any atom is -0.372 e. The lowest BCUT2D eigenvalue weighted by Gasteiger charge is -2.33. The largest absolute Gasteiger partial charge is 0.546 e. The molecule has 0 bridgehead atoms. The zero-order valence-electron chi connectivity index (χ0n) is 11.9. The number of hydrogen-bond acceptors (Lipinski definition) is 6. The predicted octanol–water partition coefficient (Wildman–Crippen LogP) is 1.19. The topological polar surface area (TPSA) is 79.3 Å². The Morgan fingerprint density at radius 2 is 1.86 bits per heavy atom. The fraction of sp³-hybridized carbons (Fsp3) is 0.462. The van der Waals surface area contributed by atoms with Gasteiger partial charge in [0.25, 0.3) is 0 Å². The average Bonchev–Trinajstić information content (AvgIpc) is 2.48. The van der Waals surface area contributed by atoms with Gasteiger partial charge in [-0.1, -0.05) is 12.1 Å². The maximum absolute atomic E-state index is 12.8. The summed E-state index contributed by atoms with van der Waals surface area (Å²) >= 11 is 0. The smallest absolute Gasteiger partial charge is 0.372 e. The molecule has 0 aliphatic carbocycles. The number of phosphoric acid groups is 1. The van der Waals surface area contributed by atoms with E-state index in [9.17, 15) is 18.6 Å². The second-order valence-corrected chi connectivity index (χ2v) is 6.21. The molecule has 1 aromatic rings. The fourth-order valence-electron chi connectivity index (χ4n) is 2.19. The molecule has 0 amide bonds. The summed E-state index contributed by atoms with van der Waals surface area (Å²) in [5.74, 6) is -0.250. The molecule has 9 heteroatoms. The molecule has 1 fully saturated rings. The summed E-state index contributed by atoms with van der Waals surface area (Å²) in [6, 6.07) is 6.39. The molecule has 1 unspecified atom stereocenters. The quantitative estimate of drug-likeness (QED) is 0.593. The van der Waals surface area contributed by atoms with Crippen LogP contribution in [0.15, 0.2) is 24.3 Å². The van der Waals surface area contributed by atoms with Crippen molar-refractivity contribution in [2.24, 2.45) is 0 Å². The van der Waals surface area contributed by atoms with Crippen molar-refractivity contribution >= 4 is 14.3 Å². The maximum atomic E-state index is 12.8. The Hall–Kier alpha value is -1.31. The number of halogens is 1. The molecule has 1 aliphatic heterocycles. The lowest BCUT2D eigenvalue weighted by atomic mass is 10.1. The van der Waals surface area contributed by atoms with Crippen molar-refractivity contribution < 1.29 is 27.8 Å². The van der Waals surface area contributed by atoms with Gasteiger partial charge in [0.2, 0.25) is 0 Å². The van der Waals surface area contributed by atoms with Crippen molar-refractivity contribution in [3.8, 4) is 0 Å². The van der Waals surface area contributed by atoms with E-state index in [2.05, 4.69) is 9.42 Å².